The minimum absolute atomic E-state index is 0.299. The molecule has 1 atom stereocenters. The van der Waals surface area contributed by atoms with Gasteiger partial charge in [0, 0.05) is 6.04 Å². The van der Waals surface area contributed by atoms with E-state index in [1.54, 1.807) is 0 Å². The Bertz CT molecular complexity index is 355. The molecule has 1 aromatic rings. The Hall–Kier alpha value is -0.800. The summed E-state index contributed by atoms with van der Waals surface area (Å²) in [6, 6.07) is 2.81. The highest BCUT2D eigenvalue weighted by Crippen LogP contribution is 2.21. The maximum absolute atomic E-state index is 5.80. The maximum atomic E-state index is 5.80. The third-order valence-electron chi connectivity index (χ3n) is 3.29. The van der Waals surface area contributed by atoms with E-state index in [1.165, 1.54) is 18.4 Å². The van der Waals surface area contributed by atoms with Gasteiger partial charge in [-0.05, 0) is 44.7 Å². The highest BCUT2D eigenvalue weighted by molar-refractivity contribution is 5.19. The average Bonchev–Trinajstić information content (AvgIpc) is 3.08. The van der Waals surface area contributed by atoms with Crippen molar-refractivity contribution in [3.63, 3.8) is 0 Å². The molecule has 0 spiro atoms. The van der Waals surface area contributed by atoms with Crippen molar-refractivity contribution in [1.29, 1.82) is 0 Å². The first-order valence-electron chi connectivity index (χ1n) is 6.62. The third-order valence-corrected chi connectivity index (χ3v) is 3.29. The molecular weight excluding hydrogens is 214 g/mol. The van der Waals surface area contributed by atoms with Crippen LogP contribution in [-0.4, -0.2) is 12.1 Å². The molecule has 1 saturated carbocycles. The Morgan fingerprint density at radius 1 is 1.53 bits per heavy atom. The van der Waals surface area contributed by atoms with Crippen LogP contribution in [0.4, 0.5) is 0 Å². The van der Waals surface area contributed by atoms with Crippen molar-refractivity contribution in [2.75, 3.05) is 0 Å². The van der Waals surface area contributed by atoms with Crippen molar-refractivity contribution in [3.05, 3.63) is 23.2 Å². The molecule has 3 heteroatoms. The Labute approximate surface area is 104 Å². The van der Waals surface area contributed by atoms with E-state index in [1.807, 2.05) is 0 Å². The fraction of sp³-hybridized carbons (Fsp3) is 0.714. The smallest absolute Gasteiger partial charge is 0.130 e. The zero-order valence-corrected chi connectivity index (χ0v) is 11.1. The molecule has 2 rings (SSSR count). The predicted molar refractivity (Wildman–Crippen MR) is 67.8 cm³/mol. The summed E-state index contributed by atoms with van der Waals surface area (Å²) < 4.78 is 11.5. The number of rotatable bonds is 7. The maximum Gasteiger partial charge on any atom is 0.130 e. The van der Waals surface area contributed by atoms with Gasteiger partial charge in [0.15, 0.2) is 0 Å². The summed E-state index contributed by atoms with van der Waals surface area (Å²) in [6.45, 7) is 7.74. The van der Waals surface area contributed by atoms with E-state index in [4.69, 9.17) is 9.15 Å². The second-order valence-electron chi connectivity index (χ2n) is 5.00. The van der Waals surface area contributed by atoms with E-state index < -0.39 is 0 Å². The number of hydrogen-bond acceptors (Lipinski definition) is 3. The van der Waals surface area contributed by atoms with Crippen molar-refractivity contribution in [1.82, 2.24) is 5.32 Å². The number of nitrogens with one attached hydrogen (secondary N) is 1. The van der Waals surface area contributed by atoms with E-state index in [2.05, 4.69) is 32.2 Å². The third kappa shape index (κ3) is 3.86. The summed E-state index contributed by atoms with van der Waals surface area (Å²) in [4.78, 5) is 0. The van der Waals surface area contributed by atoms with Gasteiger partial charge in [0.1, 0.15) is 18.1 Å². The van der Waals surface area contributed by atoms with Crippen LogP contribution in [0.5, 0.6) is 0 Å². The topological polar surface area (TPSA) is 34.4 Å². The average molecular weight is 237 g/mol. The van der Waals surface area contributed by atoms with Gasteiger partial charge in [-0.2, -0.15) is 0 Å². The molecule has 0 radical (unpaired) electrons. The fourth-order valence-electron chi connectivity index (χ4n) is 1.70. The quantitative estimate of drug-likeness (QED) is 0.791. The SMILES string of the molecule is CCC(C)OCc1cc(C)c(CNC2CC2)o1. The van der Waals surface area contributed by atoms with Crippen LogP contribution in [0.2, 0.25) is 0 Å². The molecule has 1 N–H and O–H groups in total. The van der Waals surface area contributed by atoms with Crippen molar-refractivity contribution < 1.29 is 9.15 Å². The van der Waals surface area contributed by atoms with Crippen LogP contribution >= 0.6 is 0 Å². The number of furan rings is 1. The lowest BCUT2D eigenvalue weighted by atomic mass is 10.2. The zero-order valence-electron chi connectivity index (χ0n) is 11.1. The van der Waals surface area contributed by atoms with Crippen molar-refractivity contribution >= 4 is 0 Å². The highest BCUT2D eigenvalue weighted by atomic mass is 16.5. The molecule has 96 valence electrons. The molecule has 1 heterocycles. The molecule has 1 unspecified atom stereocenters. The van der Waals surface area contributed by atoms with E-state index in [-0.39, 0.29) is 0 Å². The van der Waals surface area contributed by atoms with Gasteiger partial charge in [-0.3, -0.25) is 0 Å². The van der Waals surface area contributed by atoms with Crippen LogP contribution in [0, 0.1) is 6.92 Å². The number of ether oxygens (including phenoxy) is 1. The van der Waals surface area contributed by atoms with Crippen LogP contribution < -0.4 is 5.32 Å². The molecule has 1 aliphatic rings. The van der Waals surface area contributed by atoms with Gasteiger partial charge < -0.3 is 14.5 Å². The van der Waals surface area contributed by atoms with Gasteiger partial charge in [0.25, 0.3) is 0 Å². The molecule has 0 saturated heterocycles. The lowest BCUT2D eigenvalue weighted by Gasteiger charge is -2.08. The van der Waals surface area contributed by atoms with E-state index in [0.29, 0.717) is 12.7 Å². The summed E-state index contributed by atoms with van der Waals surface area (Å²) in [5.41, 5.74) is 1.22. The lowest BCUT2D eigenvalue weighted by molar-refractivity contribution is 0.0400. The van der Waals surface area contributed by atoms with Gasteiger partial charge in [0.05, 0.1) is 12.6 Å². The Kier molecular flexibility index (Phi) is 4.24. The number of aryl methyl sites for hydroxylation is 1. The highest BCUT2D eigenvalue weighted by Gasteiger charge is 2.21. The standard InChI is InChI=1S/C14H23NO2/c1-4-11(3)16-9-13-7-10(2)14(17-13)8-15-12-5-6-12/h7,11-12,15H,4-6,8-9H2,1-3H3. The fourth-order valence-corrected chi connectivity index (χ4v) is 1.70. The summed E-state index contributed by atoms with van der Waals surface area (Å²) in [6.07, 6.45) is 3.96. The molecule has 17 heavy (non-hydrogen) atoms. The molecule has 1 aliphatic carbocycles. The zero-order chi connectivity index (χ0) is 12.3. The van der Waals surface area contributed by atoms with Gasteiger partial charge >= 0.3 is 0 Å². The first-order chi connectivity index (χ1) is 8.19. The molecule has 3 nitrogen and oxygen atoms in total. The van der Waals surface area contributed by atoms with Gasteiger partial charge in [0.2, 0.25) is 0 Å². The Morgan fingerprint density at radius 3 is 2.94 bits per heavy atom. The minimum atomic E-state index is 0.299. The molecule has 0 amide bonds. The van der Waals surface area contributed by atoms with Crippen molar-refractivity contribution in [2.24, 2.45) is 0 Å². The summed E-state index contributed by atoms with van der Waals surface area (Å²) >= 11 is 0. The van der Waals surface area contributed by atoms with Crippen LogP contribution in [-0.2, 0) is 17.9 Å². The monoisotopic (exact) mass is 237 g/mol. The molecule has 0 aliphatic heterocycles. The Morgan fingerprint density at radius 2 is 2.29 bits per heavy atom. The largest absolute Gasteiger partial charge is 0.462 e. The summed E-state index contributed by atoms with van der Waals surface area (Å²) in [5.74, 6) is 2.00. The van der Waals surface area contributed by atoms with Crippen molar-refractivity contribution in [2.45, 2.75) is 65.3 Å². The normalized spacial score (nSPS) is 17.4. The van der Waals surface area contributed by atoms with E-state index in [0.717, 1.165) is 30.5 Å². The summed E-state index contributed by atoms with van der Waals surface area (Å²) in [5, 5.41) is 3.47. The van der Waals surface area contributed by atoms with Crippen LogP contribution in [0.3, 0.4) is 0 Å². The van der Waals surface area contributed by atoms with E-state index in [9.17, 15) is 0 Å². The molecule has 1 fully saturated rings. The second-order valence-corrected chi connectivity index (χ2v) is 5.00. The first kappa shape index (κ1) is 12.7. The number of hydrogen-bond donors (Lipinski definition) is 1. The molecular formula is C14H23NO2. The Balaban J connectivity index is 1.83. The summed E-state index contributed by atoms with van der Waals surface area (Å²) in [7, 11) is 0. The molecule has 0 bridgehead atoms. The van der Waals surface area contributed by atoms with Crippen LogP contribution in [0.1, 0.15) is 50.2 Å². The molecule has 1 aromatic heterocycles. The second kappa shape index (κ2) is 5.69. The van der Waals surface area contributed by atoms with Crippen LogP contribution in [0.25, 0.3) is 0 Å². The van der Waals surface area contributed by atoms with Crippen molar-refractivity contribution in [3.8, 4) is 0 Å². The van der Waals surface area contributed by atoms with Gasteiger partial charge in [-0.1, -0.05) is 6.92 Å². The minimum Gasteiger partial charge on any atom is -0.462 e. The molecule has 0 aromatic carbocycles. The predicted octanol–water partition coefficient (Wildman–Crippen LogP) is 3.16. The van der Waals surface area contributed by atoms with Gasteiger partial charge in [-0.15, -0.1) is 0 Å². The first-order valence-corrected chi connectivity index (χ1v) is 6.62. The van der Waals surface area contributed by atoms with Gasteiger partial charge in [-0.25, -0.2) is 0 Å². The van der Waals surface area contributed by atoms with E-state index >= 15 is 0 Å². The van der Waals surface area contributed by atoms with Crippen LogP contribution in [0.15, 0.2) is 10.5 Å². The lowest BCUT2D eigenvalue weighted by Crippen LogP contribution is -2.15.